The molecule has 0 saturated heterocycles. The Labute approximate surface area is 540 Å². The monoisotopic (exact) mass is 1230 g/mol. The van der Waals surface area contributed by atoms with Gasteiger partial charge in [0.2, 0.25) is 0 Å². The number of unbranched alkanes of at least 4 members (excludes halogenated alkanes) is 51. The van der Waals surface area contributed by atoms with E-state index in [1.807, 2.05) is 21.1 Å². The first kappa shape index (κ1) is 84.5. The molecule has 0 aromatic carbocycles. The molecule has 0 rings (SSSR count). The first-order chi connectivity index (χ1) is 42.6. The lowest BCUT2D eigenvalue weighted by atomic mass is 10.0. The smallest absolute Gasteiger partial charge is 0.361 e. The molecule has 0 heterocycles. The summed E-state index contributed by atoms with van der Waals surface area (Å²) in [7, 11) is 6.00. The summed E-state index contributed by atoms with van der Waals surface area (Å²) in [5.41, 5.74) is 0. The van der Waals surface area contributed by atoms with Crippen molar-refractivity contribution < 1.29 is 42.9 Å². The van der Waals surface area contributed by atoms with E-state index >= 15 is 0 Å². The van der Waals surface area contributed by atoms with Crippen LogP contribution in [-0.4, -0.2) is 87.4 Å². The minimum absolute atomic E-state index is 0.176. The number of ether oxygens (including phenoxy) is 4. The molecule has 0 fully saturated rings. The van der Waals surface area contributed by atoms with E-state index in [0.29, 0.717) is 17.4 Å². The Morgan fingerprint density at radius 1 is 0.345 bits per heavy atom. The van der Waals surface area contributed by atoms with Gasteiger partial charge in [0.25, 0.3) is 6.29 Å². The standard InChI is InChI=1S/C78H147NO8/c1-6-8-10-12-14-16-18-20-22-24-26-28-30-32-34-36-38-40-42-44-46-48-50-52-54-56-58-60-62-64-66-68-75(80)85-72-74(73-86-78(77(82)83)84-71-70-79(3,4)5)87-76(81)69-67-65-63-61-59-57-55-53-51-49-47-45-43-41-39-37-35-33-31-29-27-25-23-21-19-17-15-13-11-9-7-2/h19,21,24-27,74,78H,6-18,20,22-23,28-73H2,1-5H3/p+1/b21-19-,26-24-,27-25-. The van der Waals surface area contributed by atoms with Gasteiger partial charge in [0, 0.05) is 12.8 Å². The summed E-state index contributed by atoms with van der Waals surface area (Å²) < 4.78 is 23.0. The maximum atomic E-state index is 13.0. The number of quaternary nitrogens is 1. The van der Waals surface area contributed by atoms with Crippen molar-refractivity contribution in [3.63, 3.8) is 0 Å². The molecule has 0 saturated carbocycles. The van der Waals surface area contributed by atoms with Gasteiger partial charge in [-0.2, -0.15) is 0 Å². The van der Waals surface area contributed by atoms with E-state index < -0.39 is 18.4 Å². The number of hydrogen-bond donors (Lipinski definition) is 1. The Morgan fingerprint density at radius 2 is 0.621 bits per heavy atom. The highest BCUT2D eigenvalue weighted by molar-refractivity contribution is 5.71. The van der Waals surface area contributed by atoms with Gasteiger partial charge in [0.15, 0.2) is 6.10 Å². The Kier molecular flexibility index (Phi) is 67.4. The minimum atomic E-state index is -1.51. The summed E-state index contributed by atoms with van der Waals surface area (Å²) in [4.78, 5) is 37.7. The van der Waals surface area contributed by atoms with Gasteiger partial charge in [-0.05, 0) is 70.6 Å². The molecule has 0 aliphatic rings. The highest BCUT2D eigenvalue weighted by atomic mass is 16.7. The van der Waals surface area contributed by atoms with E-state index in [4.69, 9.17) is 18.9 Å². The molecule has 0 aliphatic heterocycles. The van der Waals surface area contributed by atoms with Crippen molar-refractivity contribution in [2.24, 2.45) is 0 Å². The van der Waals surface area contributed by atoms with E-state index in [1.165, 1.54) is 315 Å². The van der Waals surface area contributed by atoms with Gasteiger partial charge >= 0.3 is 17.9 Å². The first-order valence-corrected chi connectivity index (χ1v) is 38.2. The molecule has 0 aliphatic carbocycles. The van der Waals surface area contributed by atoms with Crippen LogP contribution < -0.4 is 0 Å². The molecule has 0 aromatic rings. The van der Waals surface area contributed by atoms with E-state index in [9.17, 15) is 19.5 Å². The van der Waals surface area contributed by atoms with Crippen molar-refractivity contribution in [2.45, 2.75) is 399 Å². The number of carbonyl (C=O) groups is 3. The molecule has 9 heteroatoms. The molecule has 2 unspecified atom stereocenters. The summed E-state index contributed by atoms with van der Waals surface area (Å²) >= 11 is 0. The van der Waals surface area contributed by atoms with Gasteiger partial charge < -0.3 is 28.5 Å². The van der Waals surface area contributed by atoms with Crippen LogP contribution in [0, 0.1) is 0 Å². The highest BCUT2D eigenvalue weighted by Crippen LogP contribution is 2.19. The SMILES string of the molecule is CCCCCCC/C=C\C/C=C\CCCCCCCCCCCCCCCCCCCCCC(=O)OC(COC(=O)CCCCCCCCCCCCCCCCCCCCC/C=C\CCCCCCCCCC)COC(OCC[N+](C)(C)C)C(=O)O. The normalized spacial score (nSPS) is 12.8. The molecule has 0 amide bonds. The number of allylic oxidation sites excluding steroid dienone is 6. The summed E-state index contributed by atoms with van der Waals surface area (Å²) in [5.74, 6) is -1.97. The van der Waals surface area contributed by atoms with Gasteiger partial charge in [0.05, 0.1) is 34.4 Å². The van der Waals surface area contributed by atoms with Crippen LogP contribution in [0.3, 0.4) is 0 Å². The lowest BCUT2D eigenvalue weighted by Gasteiger charge is -2.25. The average Bonchev–Trinajstić information content (AvgIpc) is 3.56. The molecule has 0 bridgehead atoms. The van der Waals surface area contributed by atoms with Crippen molar-refractivity contribution in [3.8, 4) is 0 Å². The molecule has 9 nitrogen and oxygen atoms in total. The Hall–Kier alpha value is -2.49. The molecule has 0 radical (unpaired) electrons. The molecule has 1 N–H and O–H groups in total. The summed E-state index contributed by atoms with van der Waals surface area (Å²) in [6.45, 7) is 4.94. The zero-order valence-corrected chi connectivity index (χ0v) is 58.7. The van der Waals surface area contributed by atoms with Crippen molar-refractivity contribution in [2.75, 3.05) is 47.5 Å². The van der Waals surface area contributed by atoms with E-state index in [2.05, 4.69) is 50.3 Å². The largest absolute Gasteiger partial charge is 0.477 e. The average molecular weight is 1230 g/mol. The number of carbonyl (C=O) groups excluding carboxylic acids is 2. The maximum absolute atomic E-state index is 13.0. The molecular weight excluding hydrogens is 1080 g/mol. The number of carboxylic acids is 1. The van der Waals surface area contributed by atoms with Gasteiger partial charge in [-0.3, -0.25) is 9.59 Å². The predicted octanol–water partition coefficient (Wildman–Crippen LogP) is 23.9. The van der Waals surface area contributed by atoms with Crippen LogP contribution in [-0.2, 0) is 33.3 Å². The fourth-order valence-electron chi connectivity index (χ4n) is 11.5. The molecule has 2 atom stereocenters. The second-order valence-electron chi connectivity index (χ2n) is 27.3. The summed E-state index contributed by atoms with van der Waals surface area (Å²) in [5, 5.41) is 9.76. The van der Waals surface area contributed by atoms with Crippen molar-refractivity contribution in [1.82, 2.24) is 0 Å². The van der Waals surface area contributed by atoms with Gasteiger partial charge in [-0.1, -0.05) is 339 Å². The molecule has 87 heavy (non-hydrogen) atoms. The topological polar surface area (TPSA) is 108 Å². The third kappa shape index (κ3) is 70.8. The predicted molar refractivity (Wildman–Crippen MR) is 374 cm³/mol. The number of hydrogen-bond acceptors (Lipinski definition) is 7. The van der Waals surface area contributed by atoms with Crippen LogP contribution in [0.15, 0.2) is 36.5 Å². The Morgan fingerprint density at radius 3 is 0.920 bits per heavy atom. The van der Waals surface area contributed by atoms with Crippen molar-refractivity contribution >= 4 is 17.9 Å². The number of aliphatic carboxylic acids is 1. The summed E-state index contributed by atoms with van der Waals surface area (Å²) in [6.07, 6.45) is 85.7. The van der Waals surface area contributed by atoms with Gasteiger partial charge in [-0.15, -0.1) is 0 Å². The van der Waals surface area contributed by atoms with Gasteiger partial charge in [0.1, 0.15) is 13.2 Å². The fraction of sp³-hybridized carbons (Fsp3) is 0.885. The Balaban J connectivity index is 4.01. The zero-order valence-electron chi connectivity index (χ0n) is 58.7. The quantitative estimate of drug-likeness (QED) is 0.0211. The minimum Gasteiger partial charge on any atom is -0.477 e. The zero-order chi connectivity index (χ0) is 63.3. The second-order valence-corrected chi connectivity index (χ2v) is 27.3. The van der Waals surface area contributed by atoms with Crippen LogP contribution in [0.4, 0.5) is 0 Å². The van der Waals surface area contributed by atoms with E-state index in [-0.39, 0.29) is 38.2 Å². The van der Waals surface area contributed by atoms with Gasteiger partial charge in [-0.25, -0.2) is 4.79 Å². The highest BCUT2D eigenvalue weighted by Gasteiger charge is 2.25. The molecule has 512 valence electrons. The molecular formula is C78H148NO8+. The number of nitrogens with zero attached hydrogens (tertiary/aromatic N) is 1. The van der Waals surface area contributed by atoms with Crippen LogP contribution in [0.25, 0.3) is 0 Å². The van der Waals surface area contributed by atoms with Crippen LogP contribution in [0.5, 0.6) is 0 Å². The summed E-state index contributed by atoms with van der Waals surface area (Å²) in [6, 6.07) is 0. The van der Waals surface area contributed by atoms with Crippen molar-refractivity contribution in [1.29, 1.82) is 0 Å². The number of carboxylic acid groups (broad SMARTS) is 1. The van der Waals surface area contributed by atoms with Crippen LogP contribution in [0.2, 0.25) is 0 Å². The van der Waals surface area contributed by atoms with E-state index in [0.717, 1.165) is 44.9 Å². The van der Waals surface area contributed by atoms with Crippen LogP contribution >= 0.6 is 0 Å². The first-order valence-electron chi connectivity index (χ1n) is 38.2. The Bertz CT molecular complexity index is 1520. The number of esters is 2. The fourth-order valence-corrected chi connectivity index (χ4v) is 11.5. The third-order valence-corrected chi connectivity index (χ3v) is 17.4. The second kappa shape index (κ2) is 69.4. The molecule has 0 aromatic heterocycles. The lowest BCUT2D eigenvalue weighted by molar-refractivity contribution is -0.870. The van der Waals surface area contributed by atoms with Crippen molar-refractivity contribution in [3.05, 3.63) is 36.5 Å². The number of rotatable bonds is 72. The van der Waals surface area contributed by atoms with E-state index in [1.54, 1.807) is 0 Å². The number of likely N-dealkylation sites (N-methyl/N-ethyl adjacent to an activating group) is 1. The van der Waals surface area contributed by atoms with Crippen LogP contribution in [0.1, 0.15) is 386 Å². The maximum Gasteiger partial charge on any atom is 0.361 e. The molecule has 0 spiro atoms. The lowest BCUT2D eigenvalue weighted by Crippen LogP contribution is -2.40. The third-order valence-electron chi connectivity index (χ3n) is 17.4.